The molecule has 0 saturated heterocycles. The first-order valence-electron chi connectivity index (χ1n) is 6.52. The summed E-state index contributed by atoms with van der Waals surface area (Å²) in [7, 11) is 1.50. The number of aryl methyl sites for hydroxylation is 1. The minimum atomic E-state index is -0.721. The van der Waals surface area contributed by atoms with E-state index < -0.39 is 11.8 Å². The zero-order chi connectivity index (χ0) is 16.3. The zero-order valence-corrected chi connectivity index (χ0v) is 13.7. The third kappa shape index (κ3) is 3.65. The molecule has 0 aliphatic heterocycles. The van der Waals surface area contributed by atoms with Crippen LogP contribution >= 0.6 is 15.9 Å². The number of amides is 2. The smallest absolute Gasteiger partial charge is 0.316 e. The molecule has 114 valence electrons. The van der Waals surface area contributed by atoms with Gasteiger partial charge in [-0.25, -0.2) is 0 Å². The van der Waals surface area contributed by atoms with E-state index in [0.29, 0.717) is 11.4 Å². The average molecular weight is 363 g/mol. The molecule has 2 rings (SSSR count). The maximum absolute atomic E-state index is 12.2. The van der Waals surface area contributed by atoms with Crippen molar-refractivity contribution in [3.05, 3.63) is 52.5 Å². The molecule has 0 aromatic heterocycles. The topological polar surface area (TPSA) is 69.6 Å². The van der Waals surface area contributed by atoms with Gasteiger partial charge in [0.25, 0.3) is 0 Å². The Bertz CT molecular complexity index is 714. The van der Waals surface area contributed by atoms with Gasteiger partial charge in [0.15, 0.2) is 0 Å². The van der Waals surface area contributed by atoms with E-state index in [9.17, 15) is 14.7 Å². The molecule has 2 amide bonds. The normalized spacial score (nSPS) is 10.1. The Morgan fingerprint density at radius 3 is 2.36 bits per heavy atom. The van der Waals surface area contributed by atoms with Crippen LogP contribution in [0.5, 0.6) is 5.75 Å². The van der Waals surface area contributed by atoms with Gasteiger partial charge in [-0.05, 0) is 55.0 Å². The van der Waals surface area contributed by atoms with Crippen LogP contribution in [0.2, 0.25) is 0 Å². The second-order valence-corrected chi connectivity index (χ2v) is 5.71. The zero-order valence-electron chi connectivity index (χ0n) is 12.1. The lowest BCUT2D eigenvalue weighted by molar-refractivity contribution is -0.134. The van der Waals surface area contributed by atoms with Gasteiger partial charge in [-0.3, -0.25) is 9.59 Å². The quantitative estimate of drug-likeness (QED) is 0.806. The van der Waals surface area contributed by atoms with Crippen molar-refractivity contribution in [1.82, 2.24) is 0 Å². The standard InChI is InChI=1S/C16H15BrN2O3/c1-10-9-11(17)3-8-14(10)18-15(21)16(22)19(2)12-4-6-13(20)7-5-12/h3-9,20H,1-2H3,(H,18,21). The van der Waals surface area contributed by atoms with E-state index in [1.807, 2.05) is 13.0 Å². The summed E-state index contributed by atoms with van der Waals surface area (Å²) in [5, 5.41) is 11.8. The molecular weight excluding hydrogens is 348 g/mol. The molecule has 2 aromatic rings. The lowest BCUT2D eigenvalue weighted by Crippen LogP contribution is -2.37. The number of carbonyl (C=O) groups is 2. The highest BCUT2D eigenvalue weighted by Crippen LogP contribution is 2.21. The number of hydrogen-bond donors (Lipinski definition) is 2. The molecule has 6 heteroatoms. The van der Waals surface area contributed by atoms with Gasteiger partial charge in [0.2, 0.25) is 0 Å². The summed E-state index contributed by atoms with van der Waals surface area (Å²) in [6, 6.07) is 11.4. The first-order valence-corrected chi connectivity index (χ1v) is 7.32. The fraction of sp³-hybridized carbons (Fsp3) is 0.125. The van der Waals surface area contributed by atoms with Gasteiger partial charge >= 0.3 is 11.8 Å². The molecule has 0 atom stereocenters. The highest BCUT2D eigenvalue weighted by atomic mass is 79.9. The summed E-state index contributed by atoms with van der Waals surface area (Å²) in [6.07, 6.45) is 0. The minimum Gasteiger partial charge on any atom is -0.508 e. The summed E-state index contributed by atoms with van der Waals surface area (Å²) in [4.78, 5) is 25.4. The molecule has 0 aliphatic carbocycles. The van der Waals surface area contributed by atoms with Crippen LogP contribution < -0.4 is 10.2 Å². The monoisotopic (exact) mass is 362 g/mol. The van der Waals surface area contributed by atoms with Gasteiger partial charge in [0.05, 0.1) is 0 Å². The van der Waals surface area contributed by atoms with Crippen molar-refractivity contribution in [3.8, 4) is 5.75 Å². The van der Waals surface area contributed by atoms with Gasteiger partial charge in [0, 0.05) is 22.9 Å². The summed E-state index contributed by atoms with van der Waals surface area (Å²) < 4.78 is 0.899. The van der Waals surface area contributed by atoms with E-state index in [2.05, 4.69) is 21.2 Å². The fourth-order valence-electron chi connectivity index (χ4n) is 1.89. The predicted molar refractivity (Wildman–Crippen MR) is 89.0 cm³/mol. The third-order valence-corrected chi connectivity index (χ3v) is 3.67. The summed E-state index contributed by atoms with van der Waals surface area (Å²) >= 11 is 3.34. The number of phenolic OH excluding ortho intramolecular Hbond substituents is 1. The Labute approximate surface area is 136 Å². The summed E-state index contributed by atoms with van der Waals surface area (Å²) in [5.41, 5.74) is 1.95. The van der Waals surface area contributed by atoms with Crippen molar-refractivity contribution < 1.29 is 14.7 Å². The number of carbonyl (C=O) groups excluding carboxylic acids is 2. The minimum absolute atomic E-state index is 0.0968. The lowest BCUT2D eigenvalue weighted by atomic mass is 10.2. The van der Waals surface area contributed by atoms with Gasteiger partial charge in [0.1, 0.15) is 5.75 Å². The fourth-order valence-corrected chi connectivity index (χ4v) is 2.36. The average Bonchev–Trinajstić information content (AvgIpc) is 2.49. The Balaban J connectivity index is 2.11. The molecule has 2 N–H and O–H groups in total. The number of likely N-dealkylation sites (N-methyl/N-ethyl adjacent to an activating group) is 1. The van der Waals surface area contributed by atoms with Gasteiger partial charge in [-0.2, -0.15) is 0 Å². The lowest BCUT2D eigenvalue weighted by Gasteiger charge is -2.17. The van der Waals surface area contributed by atoms with Gasteiger partial charge < -0.3 is 15.3 Å². The van der Waals surface area contributed by atoms with E-state index in [-0.39, 0.29) is 5.75 Å². The largest absolute Gasteiger partial charge is 0.508 e. The van der Waals surface area contributed by atoms with E-state index in [1.165, 1.54) is 24.1 Å². The predicted octanol–water partition coefficient (Wildman–Crippen LogP) is 3.06. The Hall–Kier alpha value is -2.34. The van der Waals surface area contributed by atoms with Gasteiger partial charge in [-0.15, -0.1) is 0 Å². The molecule has 0 bridgehead atoms. The Morgan fingerprint density at radius 2 is 1.77 bits per heavy atom. The second kappa shape index (κ2) is 6.62. The van der Waals surface area contributed by atoms with Crippen LogP contribution in [0.1, 0.15) is 5.56 Å². The van der Waals surface area contributed by atoms with E-state index in [1.54, 1.807) is 24.3 Å². The number of hydrogen-bond acceptors (Lipinski definition) is 3. The SMILES string of the molecule is Cc1cc(Br)ccc1NC(=O)C(=O)N(C)c1ccc(O)cc1. The van der Waals surface area contributed by atoms with Crippen LogP contribution in [0.3, 0.4) is 0 Å². The molecule has 0 heterocycles. The van der Waals surface area contributed by atoms with Crippen LogP contribution in [0.25, 0.3) is 0 Å². The molecule has 22 heavy (non-hydrogen) atoms. The van der Waals surface area contributed by atoms with Crippen molar-refractivity contribution in [3.63, 3.8) is 0 Å². The molecule has 0 fully saturated rings. The molecular formula is C16H15BrN2O3. The third-order valence-electron chi connectivity index (χ3n) is 3.17. The number of phenols is 1. The maximum atomic E-state index is 12.2. The van der Waals surface area contributed by atoms with Crippen LogP contribution in [-0.4, -0.2) is 24.0 Å². The van der Waals surface area contributed by atoms with Crippen molar-refractivity contribution in [1.29, 1.82) is 0 Å². The first-order chi connectivity index (χ1) is 10.4. The van der Waals surface area contributed by atoms with Crippen LogP contribution in [0.15, 0.2) is 46.9 Å². The van der Waals surface area contributed by atoms with Crippen molar-refractivity contribution >= 4 is 39.1 Å². The Kier molecular flexibility index (Phi) is 4.82. The number of aromatic hydroxyl groups is 1. The maximum Gasteiger partial charge on any atom is 0.316 e. The van der Waals surface area contributed by atoms with E-state index in [0.717, 1.165) is 10.0 Å². The second-order valence-electron chi connectivity index (χ2n) is 4.79. The number of nitrogens with one attached hydrogen (secondary N) is 1. The van der Waals surface area contributed by atoms with E-state index >= 15 is 0 Å². The van der Waals surface area contributed by atoms with E-state index in [4.69, 9.17) is 0 Å². The van der Waals surface area contributed by atoms with Crippen LogP contribution in [-0.2, 0) is 9.59 Å². The Morgan fingerprint density at radius 1 is 1.14 bits per heavy atom. The molecule has 0 aliphatic rings. The number of benzene rings is 2. The van der Waals surface area contributed by atoms with Gasteiger partial charge in [-0.1, -0.05) is 15.9 Å². The molecule has 0 unspecified atom stereocenters. The number of nitrogens with zero attached hydrogens (tertiary/aromatic N) is 1. The molecule has 5 nitrogen and oxygen atoms in total. The van der Waals surface area contributed by atoms with Crippen molar-refractivity contribution in [2.45, 2.75) is 6.92 Å². The first kappa shape index (κ1) is 16.0. The van der Waals surface area contributed by atoms with Crippen molar-refractivity contribution in [2.75, 3.05) is 17.3 Å². The molecule has 2 aromatic carbocycles. The molecule has 0 radical (unpaired) electrons. The molecule has 0 saturated carbocycles. The van der Waals surface area contributed by atoms with Crippen LogP contribution in [0, 0.1) is 6.92 Å². The number of rotatable bonds is 2. The van der Waals surface area contributed by atoms with Crippen molar-refractivity contribution in [2.24, 2.45) is 0 Å². The van der Waals surface area contributed by atoms with Crippen LogP contribution in [0.4, 0.5) is 11.4 Å². The number of halogens is 1. The highest BCUT2D eigenvalue weighted by molar-refractivity contribution is 9.10. The highest BCUT2D eigenvalue weighted by Gasteiger charge is 2.20. The number of anilines is 2. The summed E-state index contributed by atoms with van der Waals surface area (Å²) in [5.74, 6) is -1.31. The summed E-state index contributed by atoms with van der Waals surface area (Å²) in [6.45, 7) is 1.84. The molecule has 0 spiro atoms.